The zero-order valence-electron chi connectivity index (χ0n) is 18.4. The van der Waals surface area contributed by atoms with Gasteiger partial charge in [-0.1, -0.05) is 18.2 Å². The number of methoxy groups -OCH3 is 2. The van der Waals surface area contributed by atoms with Crippen molar-refractivity contribution in [2.24, 2.45) is 0 Å². The highest BCUT2D eigenvalue weighted by atomic mass is 32.2. The van der Waals surface area contributed by atoms with E-state index in [1.54, 1.807) is 27.2 Å². The lowest BCUT2D eigenvalue weighted by molar-refractivity contribution is -0.121. The molecule has 0 aromatic heterocycles. The topological polar surface area (TPSA) is 84.9 Å². The molecular formula is C22H30N2O5S. The van der Waals surface area contributed by atoms with Crippen molar-refractivity contribution in [3.8, 4) is 11.5 Å². The van der Waals surface area contributed by atoms with Crippen LogP contribution < -0.4 is 19.1 Å². The highest BCUT2D eigenvalue weighted by Gasteiger charge is 2.30. The first kappa shape index (κ1) is 23.5. The number of ether oxygens (including phenoxy) is 2. The van der Waals surface area contributed by atoms with Gasteiger partial charge in [0.15, 0.2) is 11.5 Å². The van der Waals surface area contributed by atoms with E-state index in [1.165, 1.54) is 4.31 Å². The van der Waals surface area contributed by atoms with Crippen LogP contribution in [0.25, 0.3) is 0 Å². The third-order valence-corrected chi connectivity index (χ3v) is 6.08. The quantitative estimate of drug-likeness (QED) is 0.656. The number of nitrogens with zero attached hydrogens (tertiary/aromatic N) is 1. The maximum absolute atomic E-state index is 12.8. The predicted octanol–water partition coefficient (Wildman–Crippen LogP) is 2.83. The Morgan fingerprint density at radius 1 is 1.07 bits per heavy atom. The number of sulfonamides is 1. The molecule has 0 saturated heterocycles. The smallest absolute Gasteiger partial charge is 0.243 e. The van der Waals surface area contributed by atoms with Crippen LogP contribution in [0.4, 0.5) is 5.69 Å². The average Bonchev–Trinajstić information content (AvgIpc) is 2.69. The third kappa shape index (κ3) is 5.66. The second kappa shape index (κ2) is 9.84. The van der Waals surface area contributed by atoms with Crippen molar-refractivity contribution in [1.82, 2.24) is 5.32 Å². The predicted molar refractivity (Wildman–Crippen MR) is 119 cm³/mol. The lowest BCUT2D eigenvalue weighted by Crippen LogP contribution is -2.48. The van der Waals surface area contributed by atoms with Gasteiger partial charge in [0.25, 0.3) is 0 Å². The van der Waals surface area contributed by atoms with Gasteiger partial charge in [0.05, 0.1) is 26.2 Å². The van der Waals surface area contributed by atoms with Crippen molar-refractivity contribution in [2.45, 2.75) is 33.2 Å². The van der Waals surface area contributed by atoms with Crippen molar-refractivity contribution in [1.29, 1.82) is 0 Å². The summed E-state index contributed by atoms with van der Waals surface area (Å²) in [4.78, 5) is 12.8. The Bertz CT molecular complexity index is 1000. The Morgan fingerprint density at radius 3 is 2.33 bits per heavy atom. The molecule has 1 N–H and O–H groups in total. The third-order valence-electron chi connectivity index (χ3n) is 4.85. The Balaban J connectivity index is 2.12. The van der Waals surface area contributed by atoms with Gasteiger partial charge in [-0.25, -0.2) is 8.42 Å². The van der Waals surface area contributed by atoms with Gasteiger partial charge in [0, 0.05) is 6.54 Å². The highest BCUT2D eigenvalue weighted by molar-refractivity contribution is 7.92. The molecule has 2 aromatic rings. The van der Waals surface area contributed by atoms with E-state index in [9.17, 15) is 13.2 Å². The fourth-order valence-electron chi connectivity index (χ4n) is 3.25. The number of rotatable bonds is 9. The SMILES string of the molecule is COc1ccc(CCNC(=O)[C@@H](C)N(c2cc(C)ccc2C)S(C)(=O)=O)cc1OC. The van der Waals surface area contributed by atoms with Gasteiger partial charge >= 0.3 is 0 Å². The van der Waals surface area contributed by atoms with Gasteiger partial charge in [-0.3, -0.25) is 9.10 Å². The molecule has 0 radical (unpaired) electrons. The molecular weight excluding hydrogens is 404 g/mol. The zero-order chi connectivity index (χ0) is 22.5. The van der Waals surface area contributed by atoms with Crippen LogP contribution in [0.2, 0.25) is 0 Å². The van der Waals surface area contributed by atoms with E-state index in [2.05, 4.69) is 5.32 Å². The molecule has 2 aromatic carbocycles. The summed E-state index contributed by atoms with van der Waals surface area (Å²) in [5.74, 6) is 0.894. The standard InChI is InChI=1S/C22H30N2O5S/c1-15-7-8-16(2)19(13-15)24(30(6,26)27)17(3)22(25)23-12-11-18-9-10-20(28-4)21(14-18)29-5/h7-10,13-14,17H,11-12H2,1-6H3,(H,23,25)/t17-/m1/s1. The number of amides is 1. The fourth-order valence-corrected chi connectivity index (χ4v) is 4.48. The summed E-state index contributed by atoms with van der Waals surface area (Å²) in [7, 11) is -0.514. The molecule has 0 spiro atoms. The van der Waals surface area contributed by atoms with Crippen LogP contribution in [0.1, 0.15) is 23.6 Å². The lowest BCUT2D eigenvalue weighted by Gasteiger charge is -2.29. The Hall–Kier alpha value is -2.74. The summed E-state index contributed by atoms with van der Waals surface area (Å²) >= 11 is 0. The van der Waals surface area contributed by atoms with E-state index in [0.717, 1.165) is 22.9 Å². The summed E-state index contributed by atoms with van der Waals surface area (Å²) in [5.41, 5.74) is 3.19. The number of nitrogens with one attached hydrogen (secondary N) is 1. The monoisotopic (exact) mass is 434 g/mol. The van der Waals surface area contributed by atoms with Gasteiger partial charge in [-0.05, 0) is 62.1 Å². The molecule has 0 aliphatic carbocycles. The number of hydrogen-bond donors (Lipinski definition) is 1. The average molecular weight is 435 g/mol. The van der Waals surface area contributed by atoms with Gasteiger partial charge in [0.2, 0.25) is 15.9 Å². The Kier molecular flexibility index (Phi) is 7.72. The van der Waals surface area contributed by atoms with Crippen LogP contribution in [0.5, 0.6) is 11.5 Å². The molecule has 30 heavy (non-hydrogen) atoms. The zero-order valence-corrected chi connectivity index (χ0v) is 19.2. The van der Waals surface area contributed by atoms with Gasteiger partial charge in [0.1, 0.15) is 6.04 Å². The van der Waals surface area contributed by atoms with Crippen LogP contribution in [0.15, 0.2) is 36.4 Å². The van der Waals surface area contributed by atoms with Crippen LogP contribution in [-0.2, 0) is 21.2 Å². The molecule has 0 saturated carbocycles. The number of hydrogen-bond acceptors (Lipinski definition) is 5. The molecule has 0 bridgehead atoms. The fraction of sp³-hybridized carbons (Fsp3) is 0.409. The summed E-state index contributed by atoms with van der Waals surface area (Å²) < 4.78 is 36.7. The minimum Gasteiger partial charge on any atom is -0.493 e. The van der Waals surface area contributed by atoms with Crippen LogP contribution >= 0.6 is 0 Å². The second-order valence-corrected chi connectivity index (χ2v) is 9.11. The molecule has 2 rings (SSSR count). The molecule has 1 atom stereocenters. The summed E-state index contributed by atoms with van der Waals surface area (Å²) in [6, 6.07) is 10.2. The largest absolute Gasteiger partial charge is 0.493 e. The number of carbonyl (C=O) groups excluding carboxylic acids is 1. The maximum atomic E-state index is 12.8. The first-order valence-electron chi connectivity index (χ1n) is 9.63. The number of benzene rings is 2. The highest BCUT2D eigenvalue weighted by Crippen LogP contribution is 2.28. The number of anilines is 1. The number of aryl methyl sites for hydroxylation is 2. The van der Waals surface area contributed by atoms with Crippen molar-refractivity contribution in [3.05, 3.63) is 53.1 Å². The van der Waals surface area contributed by atoms with Gasteiger partial charge in [-0.2, -0.15) is 0 Å². The minimum absolute atomic E-state index is 0.359. The molecule has 0 fully saturated rings. The van der Waals surface area contributed by atoms with E-state index in [-0.39, 0.29) is 5.91 Å². The number of carbonyl (C=O) groups is 1. The molecule has 164 valence electrons. The van der Waals surface area contributed by atoms with Crippen LogP contribution in [-0.4, -0.2) is 47.4 Å². The van der Waals surface area contributed by atoms with Crippen LogP contribution in [0, 0.1) is 13.8 Å². The van der Waals surface area contributed by atoms with Crippen molar-refractivity contribution in [3.63, 3.8) is 0 Å². The molecule has 1 amide bonds. The van der Waals surface area contributed by atoms with Crippen molar-refractivity contribution in [2.75, 3.05) is 31.3 Å². The molecule has 0 heterocycles. The molecule has 0 aliphatic heterocycles. The van der Waals surface area contributed by atoms with E-state index in [1.807, 2.05) is 44.2 Å². The van der Waals surface area contributed by atoms with E-state index < -0.39 is 16.1 Å². The lowest BCUT2D eigenvalue weighted by atomic mass is 10.1. The van der Waals surface area contributed by atoms with Gasteiger partial charge in [-0.15, -0.1) is 0 Å². The van der Waals surface area contributed by atoms with Gasteiger partial charge < -0.3 is 14.8 Å². The van der Waals surface area contributed by atoms with E-state index in [0.29, 0.717) is 30.2 Å². The first-order valence-corrected chi connectivity index (χ1v) is 11.5. The normalized spacial score (nSPS) is 12.2. The molecule has 8 heteroatoms. The second-order valence-electron chi connectivity index (χ2n) is 7.26. The van der Waals surface area contributed by atoms with Crippen molar-refractivity contribution < 1.29 is 22.7 Å². The maximum Gasteiger partial charge on any atom is 0.243 e. The molecule has 7 nitrogen and oxygen atoms in total. The van der Waals surface area contributed by atoms with Crippen LogP contribution in [0.3, 0.4) is 0 Å². The van der Waals surface area contributed by atoms with E-state index >= 15 is 0 Å². The molecule has 0 aliphatic rings. The minimum atomic E-state index is -3.65. The first-order chi connectivity index (χ1) is 14.1. The summed E-state index contributed by atoms with van der Waals surface area (Å²) in [6.07, 6.45) is 1.68. The summed E-state index contributed by atoms with van der Waals surface area (Å²) in [5, 5.41) is 2.84. The summed E-state index contributed by atoms with van der Waals surface area (Å²) in [6.45, 7) is 5.67. The Labute approximate surface area is 179 Å². The van der Waals surface area contributed by atoms with E-state index in [4.69, 9.17) is 9.47 Å². The van der Waals surface area contributed by atoms with Crippen molar-refractivity contribution >= 4 is 21.6 Å². The Morgan fingerprint density at radius 2 is 1.73 bits per heavy atom. The molecule has 0 unspecified atom stereocenters.